The molecule has 2 atom stereocenters. The molecule has 0 spiro atoms. The largest absolute Gasteiger partial charge is 0.417 e. The Kier molecular flexibility index (Phi) is 6.54. The summed E-state index contributed by atoms with van der Waals surface area (Å²) >= 11 is 0. The first kappa shape index (κ1) is 23.7. The van der Waals surface area contributed by atoms with Crippen LogP contribution in [0.1, 0.15) is 47.1 Å². The van der Waals surface area contributed by atoms with Crippen molar-refractivity contribution in [2.24, 2.45) is 5.92 Å². The lowest BCUT2D eigenvalue weighted by Gasteiger charge is -2.40. The van der Waals surface area contributed by atoms with Crippen LogP contribution in [0.2, 0.25) is 0 Å². The van der Waals surface area contributed by atoms with E-state index in [0.29, 0.717) is 36.0 Å². The molecule has 1 aliphatic heterocycles. The third-order valence-electron chi connectivity index (χ3n) is 6.07. The summed E-state index contributed by atoms with van der Waals surface area (Å²) in [4.78, 5) is 20.8. The molecule has 3 aromatic rings. The van der Waals surface area contributed by atoms with Gasteiger partial charge in [0.1, 0.15) is 11.5 Å². The number of likely N-dealkylation sites (tertiary alicyclic amines) is 1. The van der Waals surface area contributed by atoms with Crippen molar-refractivity contribution < 1.29 is 18.0 Å². The van der Waals surface area contributed by atoms with Gasteiger partial charge in [-0.2, -0.15) is 13.2 Å². The Balaban J connectivity index is 1.57. The number of hydrogen-bond acceptors (Lipinski definition) is 6. The molecule has 1 fully saturated rings. The summed E-state index contributed by atoms with van der Waals surface area (Å²) in [5.41, 5.74) is 1.15. The normalized spacial score (nSPS) is 18.7. The molecule has 11 heteroatoms. The number of pyridine rings is 1. The maximum absolute atomic E-state index is 13.7. The third kappa shape index (κ3) is 5.02. The van der Waals surface area contributed by atoms with E-state index in [2.05, 4.69) is 32.6 Å². The summed E-state index contributed by atoms with van der Waals surface area (Å²) < 4.78 is 38.4. The van der Waals surface area contributed by atoms with Gasteiger partial charge in [-0.25, -0.2) is 4.98 Å². The van der Waals surface area contributed by atoms with Crippen molar-refractivity contribution in [3.05, 3.63) is 59.0 Å². The first-order valence-electron chi connectivity index (χ1n) is 11.1. The van der Waals surface area contributed by atoms with Gasteiger partial charge in [0, 0.05) is 19.3 Å². The molecule has 2 aromatic heterocycles. The number of piperidine rings is 1. The second-order valence-corrected chi connectivity index (χ2v) is 8.64. The number of nitrogens with one attached hydrogen (secondary N) is 1. The second kappa shape index (κ2) is 9.40. The standard InChI is InChI=1S/C23H26F3N7O/c1-14-6-8-19(33-30-16(3)29-31-33)18(11-14)22(34)32-10-4-5-15(2)20(32)13-28-21-9-7-17(12-27-21)23(24,25)26/h6-9,11-12,15,20H,4-5,10,13H2,1-3H3,(H,27,28)/t15-,20-/m1/s1. The van der Waals surface area contributed by atoms with Gasteiger partial charge in [-0.15, -0.1) is 15.0 Å². The van der Waals surface area contributed by atoms with Crippen molar-refractivity contribution >= 4 is 11.7 Å². The van der Waals surface area contributed by atoms with Gasteiger partial charge in [-0.1, -0.05) is 18.6 Å². The summed E-state index contributed by atoms with van der Waals surface area (Å²) in [5, 5.41) is 15.3. The molecule has 1 aromatic carbocycles. The molecule has 180 valence electrons. The average Bonchev–Trinajstić information content (AvgIpc) is 3.23. The highest BCUT2D eigenvalue weighted by Gasteiger charge is 2.34. The van der Waals surface area contributed by atoms with E-state index < -0.39 is 11.7 Å². The molecular weight excluding hydrogens is 447 g/mol. The number of aromatic nitrogens is 5. The minimum absolute atomic E-state index is 0.146. The van der Waals surface area contributed by atoms with E-state index in [9.17, 15) is 18.0 Å². The van der Waals surface area contributed by atoms with Crippen LogP contribution < -0.4 is 5.32 Å². The molecule has 34 heavy (non-hydrogen) atoms. The number of benzene rings is 1. The smallest absolute Gasteiger partial charge is 0.368 e. The molecule has 8 nitrogen and oxygen atoms in total. The number of carbonyl (C=O) groups excluding carboxylic acids is 1. The van der Waals surface area contributed by atoms with Crippen LogP contribution in [0.3, 0.4) is 0 Å². The molecule has 0 aliphatic carbocycles. The number of anilines is 1. The summed E-state index contributed by atoms with van der Waals surface area (Å²) in [6.07, 6.45) is -1.82. The minimum atomic E-state index is -4.43. The van der Waals surface area contributed by atoms with E-state index in [-0.39, 0.29) is 17.9 Å². The average molecular weight is 474 g/mol. The highest BCUT2D eigenvalue weighted by atomic mass is 19.4. The number of carbonyl (C=O) groups is 1. The van der Waals surface area contributed by atoms with E-state index in [0.717, 1.165) is 30.7 Å². The van der Waals surface area contributed by atoms with E-state index in [1.54, 1.807) is 13.0 Å². The fourth-order valence-corrected chi connectivity index (χ4v) is 4.22. The Bertz CT molecular complexity index is 1160. The third-order valence-corrected chi connectivity index (χ3v) is 6.07. The van der Waals surface area contributed by atoms with Gasteiger partial charge in [-0.3, -0.25) is 4.79 Å². The number of amides is 1. The predicted molar refractivity (Wildman–Crippen MR) is 120 cm³/mol. The van der Waals surface area contributed by atoms with Crippen molar-refractivity contribution in [1.82, 2.24) is 30.1 Å². The molecular formula is C23H26F3N7O. The first-order chi connectivity index (χ1) is 16.1. The first-order valence-corrected chi connectivity index (χ1v) is 11.1. The van der Waals surface area contributed by atoms with Gasteiger partial charge in [0.25, 0.3) is 5.91 Å². The van der Waals surface area contributed by atoms with Crippen LogP contribution in [0.15, 0.2) is 36.5 Å². The molecule has 1 amide bonds. The van der Waals surface area contributed by atoms with E-state index in [1.165, 1.54) is 10.9 Å². The van der Waals surface area contributed by atoms with Gasteiger partial charge in [0.15, 0.2) is 5.82 Å². The molecule has 0 unspecified atom stereocenters. The number of hydrogen-bond donors (Lipinski definition) is 1. The molecule has 1 saturated heterocycles. The van der Waals surface area contributed by atoms with Crippen molar-refractivity contribution in [2.45, 2.75) is 45.8 Å². The highest BCUT2D eigenvalue weighted by molar-refractivity contribution is 5.98. The Hall–Kier alpha value is -3.50. The van der Waals surface area contributed by atoms with E-state index in [4.69, 9.17) is 0 Å². The van der Waals surface area contributed by atoms with Crippen LogP contribution in [-0.2, 0) is 6.18 Å². The Morgan fingerprint density at radius 2 is 2.00 bits per heavy atom. The molecule has 4 rings (SSSR count). The summed E-state index contributed by atoms with van der Waals surface area (Å²) in [6, 6.07) is 7.64. The maximum Gasteiger partial charge on any atom is 0.417 e. The number of rotatable bonds is 5. The Morgan fingerprint density at radius 1 is 1.21 bits per heavy atom. The van der Waals surface area contributed by atoms with Gasteiger partial charge < -0.3 is 10.2 Å². The molecule has 1 aliphatic rings. The monoisotopic (exact) mass is 473 g/mol. The molecule has 3 heterocycles. The number of tetrazole rings is 1. The molecule has 0 saturated carbocycles. The maximum atomic E-state index is 13.7. The van der Waals surface area contributed by atoms with Crippen LogP contribution in [0, 0.1) is 19.8 Å². The van der Waals surface area contributed by atoms with Crippen LogP contribution >= 0.6 is 0 Å². The van der Waals surface area contributed by atoms with Crippen molar-refractivity contribution in [2.75, 3.05) is 18.4 Å². The minimum Gasteiger partial charge on any atom is -0.368 e. The van der Waals surface area contributed by atoms with Crippen molar-refractivity contribution in [3.8, 4) is 5.69 Å². The summed E-state index contributed by atoms with van der Waals surface area (Å²) in [5.74, 6) is 0.875. The van der Waals surface area contributed by atoms with Crippen LogP contribution in [-0.4, -0.2) is 55.1 Å². The zero-order valence-electron chi connectivity index (χ0n) is 19.2. The number of nitrogens with zero attached hydrogens (tertiary/aromatic N) is 6. The highest BCUT2D eigenvalue weighted by Crippen LogP contribution is 2.30. The summed E-state index contributed by atoms with van der Waals surface area (Å²) in [7, 11) is 0. The number of aryl methyl sites for hydroxylation is 2. The lowest BCUT2D eigenvalue weighted by molar-refractivity contribution is -0.137. The van der Waals surface area contributed by atoms with Crippen molar-refractivity contribution in [3.63, 3.8) is 0 Å². The van der Waals surface area contributed by atoms with Gasteiger partial charge >= 0.3 is 6.18 Å². The van der Waals surface area contributed by atoms with E-state index >= 15 is 0 Å². The Labute approximate surface area is 195 Å². The summed E-state index contributed by atoms with van der Waals surface area (Å²) in [6.45, 7) is 6.66. The lowest BCUT2D eigenvalue weighted by Crippen LogP contribution is -2.51. The lowest BCUT2D eigenvalue weighted by atomic mass is 9.89. The van der Waals surface area contributed by atoms with Crippen LogP contribution in [0.5, 0.6) is 0 Å². The van der Waals surface area contributed by atoms with Gasteiger partial charge in [0.05, 0.1) is 17.2 Å². The predicted octanol–water partition coefficient (Wildman–Crippen LogP) is 4.05. The van der Waals surface area contributed by atoms with Crippen LogP contribution in [0.4, 0.5) is 19.0 Å². The fourth-order valence-electron chi connectivity index (χ4n) is 4.22. The second-order valence-electron chi connectivity index (χ2n) is 8.64. The topological polar surface area (TPSA) is 88.8 Å². The number of halogens is 3. The quantitative estimate of drug-likeness (QED) is 0.602. The molecule has 0 radical (unpaired) electrons. The van der Waals surface area contributed by atoms with Gasteiger partial charge in [-0.05, 0) is 62.1 Å². The Morgan fingerprint density at radius 3 is 2.65 bits per heavy atom. The molecule has 0 bridgehead atoms. The van der Waals surface area contributed by atoms with Crippen LogP contribution in [0.25, 0.3) is 5.69 Å². The molecule has 1 N–H and O–H groups in total. The fraction of sp³-hybridized carbons (Fsp3) is 0.435. The zero-order valence-corrected chi connectivity index (χ0v) is 19.2. The SMILES string of the molecule is Cc1ccc(-n2nnc(C)n2)c(C(=O)N2CCC[C@@H](C)[C@H]2CNc2ccc(C(F)(F)F)cn2)c1. The number of alkyl halides is 3. The van der Waals surface area contributed by atoms with Crippen molar-refractivity contribution in [1.29, 1.82) is 0 Å². The van der Waals surface area contributed by atoms with Gasteiger partial charge in [0.2, 0.25) is 0 Å². The zero-order chi connectivity index (χ0) is 24.5. The van der Waals surface area contributed by atoms with E-state index in [1.807, 2.05) is 24.0 Å².